The van der Waals surface area contributed by atoms with Crippen molar-refractivity contribution in [2.24, 2.45) is 0 Å². The average Bonchev–Trinajstić information content (AvgIpc) is 2.28. The van der Waals surface area contributed by atoms with Gasteiger partial charge in [-0.25, -0.2) is 4.98 Å². The Hall–Kier alpha value is -1.46. The minimum atomic E-state index is -3.75. The lowest BCUT2D eigenvalue weighted by atomic mass is 10.2. The van der Waals surface area contributed by atoms with Crippen molar-refractivity contribution < 1.29 is 12.6 Å². The fourth-order valence-electron chi connectivity index (χ4n) is 1.50. The van der Waals surface area contributed by atoms with Gasteiger partial charge in [-0.3, -0.25) is 4.18 Å². The molecule has 1 aromatic carbocycles. The fourth-order valence-corrected chi connectivity index (χ4v) is 2.57. The Balaban J connectivity index is 2.70. The summed E-state index contributed by atoms with van der Waals surface area (Å²) >= 11 is 0. The molecule has 0 saturated carbocycles. The lowest BCUT2D eigenvalue weighted by molar-refractivity contribution is 0.337. The van der Waals surface area contributed by atoms with Gasteiger partial charge >= 0.3 is 10.1 Å². The van der Waals surface area contributed by atoms with E-state index < -0.39 is 10.1 Å². The molecule has 4 nitrogen and oxygen atoms in total. The van der Waals surface area contributed by atoms with Crippen LogP contribution in [0.15, 0.2) is 41.6 Å². The van der Waals surface area contributed by atoms with E-state index in [2.05, 4.69) is 4.98 Å². The van der Waals surface area contributed by atoms with Crippen LogP contribution in [0.4, 0.5) is 0 Å². The van der Waals surface area contributed by atoms with Crippen molar-refractivity contribution in [1.82, 2.24) is 4.98 Å². The van der Waals surface area contributed by atoms with Crippen molar-refractivity contribution in [3.05, 3.63) is 36.5 Å². The summed E-state index contributed by atoms with van der Waals surface area (Å²) in [7, 11) is -3.75. The Labute approximate surface area is 94.0 Å². The third-order valence-electron chi connectivity index (χ3n) is 2.15. The van der Waals surface area contributed by atoms with E-state index >= 15 is 0 Å². The summed E-state index contributed by atoms with van der Waals surface area (Å²) in [4.78, 5) is 3.88. The summed E-state index contributed by atoms with van der Waals surface area (Å²) < 4.78 is 28.3. The van der Waals surface area contributed by atoms with Crippen LogP contribution in [0, 0.1) is 0 Å². The maximum absolute atomic E-state index is 11.8. The molecule has 0 spiro atoms. The summed E-state index contributed by atoms with van der Waals surface area (Å²) in [5.41, 5.74) is 0. The molecule has 0 radical (unpaired) electrons. The number of nitrogens with zero attached hydrogens (tertiary/aromatic N) is 1. The highest BCUT2D eigenvalue weighted by atomic mass is 32.2. The lowest BCUT2D eigenvalue weighted by Gasteiger charge is -2.05. The molecule has 2 rings (SSSR count). The van der Waals surface area contributed by atoms with Crippen LogP contribution in [0.1, 0.15) is 6.92 Å². The van der Waals surface area contributed by atoms with Crippen molar-refractivity contribution in [2.45, 2.75) is 11.9 Å². The van der Waals surface area contributed by atoms with E-state index in [1.54, 1.807) is 25.1 Å². The molecule has 0 N–H and O–H groups in total. The maximum Gasteiger partial charge on any atom is 0.315 e. The van der Waals surface area contributed by atoms with Gasteiger partial charge in [0.25, 0.3) is 0 Å². The maximum atomic E-state index is 11.8. The van der Waals surface area contributed by atoms with Gasteiger partial charge in [0, 0.05) is 11.6 Å². The molecule has 0 aliphatic rings. The second-order valence-electron chi connectivity index (χ2n) is 3.20. The minimum absolute atomic E-state index is 0.0209. The Morgan fingerprint density at radius 1 is 1.25 bits per heavy atom. The summed E-state index contributed by atoms with van der Waals surface area (Å²) in [5, 5.41) is 1.39. The number of fused-ring (bicyclic) bond motifs is 1. The molecule has 0 aliphatic carbocycles. The standard InChI is InChI=1S/C11H11NO3S/c1-2-15-16(13,14)11-10-6-4-3-5-9(10)7-8-12-11/h3-8H,2H2,1H3. The van der Waals surface area contributed by atoms with Crippen LogP contribution in [0.2, 0.25) is 0 Å². The number of hydrogen-bond donors (Lipinski definition) is 0. The van der Waals surface area contributed by atoms with Crippen molar-refractivity contribution in [3.8, 4) is 0 Å². The van der Waals surface area contributed by atoms with Gasteiger partial charge in [-0.05, 0) is 18.4 Å². The van der Waals surface area contributed by atoms with Crippen LogP contribution < -0.4 is 0 Å². The van der Waals surface area contributed by atoms with Crippen LogP contribution in [0.5, 0.6) is 0 Å². The quantitative estimate of drug-likeness (QED) is 0.766. The normalized spacial score (nSPS) is 11.8. The Morgan fingerprint density at radius 3 is 2.75 bits per heavy atom. The fraction of sp³-hybridized carbons (Fsp3) is 0.182. The Morgan fingerprint density at radius 2 is 2.00 bits per heavy atom. The predicted molar refractivity (Wildman–Crippen MR) is 60.6 cm³/mol. The molecule has 0 fully saturated rings. The Kier molecular flexibility index (Phi) is 2.89. The van der Waals surface area contributed by atoms with Crippen molar-refractivity contribution >= 4 is 20.9 Å². The number of hydrogen-bond acceptors (Lipinski definition) is 4. The lowest BCUT2D eigenvalue weighted by Crippen LogP contribution is -2.08. The van der Waals surface area contributed by atoms with Crippen LogP contribution in [-0.4, -0.2) is 20.0 Å². The highest BCUT2D eigenvalue weighted by Crippen LogP contribution is 2.21. The van der Waals surface area contributed by atoms with Gasteiger partial charge in [0.05, 0.1) is 6.61 Å². The molecule has 0 amide bonds. The monoisotopic (exact) mass is 237 g/mol. The van der Waals surface area contributed by atoms with E-state index in [1.165, 1.54) is 6.20 Å². The smallest absolute Gasteiger partial charge is 0.265 e. The van der Waals surface area contributed by atoms with Gasteiger partial charge < -0.3 is 0 Å². The number of rotatable bonds is 3. The first kappa shape index (κ1) is 11.0. The molecule has 0 saturated heterocycles. The summed E-state index contributed by atoms with van der Waals surface area (Å²) in [5.74, 6) is 0. The van der Waals surface area contributed by atoms with Crippen molar-refractivity contribution in [1.29, 1.82) is 0 Å². The number of aromatic nitrogens is 1. The van der Waals surface area contributed by atoms with Gasteiger partial charge in [-0.15, -0.1) is 0 Å². The van der Waals surface area contributed by atoms with Crippen LogP contribution >= 0.6 is 0 Å². The second-order valence-corrected chi connectivity index (χ2v) is 4.73. The number of pyridine rings is 1. The molecule has 0 aliphatic heterocycles. The van der Waals surface area contributed by atoms with Crippen LogP contribution in [0.3, 0.4) is 0 Å². The second kappa shape index (κ2) is 4.19. The van der Waals surface area contributed by atoms with E-state index in [1.807, 2.05) is 12.1 Å². The first-order valence-corrected chi connectivity index (χ1v) is 6.29. The number of benzene rings is 1. The van der Waals surface area contributed by atoms with Gasteiger partial charge in [0.1, 0.15) is 0 Å². The third kappa shape index (κ3) is 1.91. The topological polar surface area (TPSA) is 56.3 Å². The minimum Gasteiger partial charge on any atom is -0.265 e. The van der Waals surface area contributed by atoms with Crippen molar-refractivity contribution in [3.63, 3.8) is 0 Å². The van der Waals surface area contributed by atoms with Gasteiger partial charge in [0.2, 0.25) is 0 Å². The van der Waals surface area contributed by atoms with Gasteiger partial charge in [-0.1, -0.05) is 24.3 Å². The third-order valence-corrected chi connectivity index (χ3v) is 3.49. The van der Waals surface area contributed by atoms with E-state index in [0.717, 1.165) is 5.39 Å². The molecule has 0 bridgehead atoms. The largest absolute Gasteiger partial charge is 0.315 e. The molecule has 1 heterocycles. The SMILES string of the molecule is CCOS(=O)(=O)c1nccc2ccccc12. The van der Waals surface area contributed by atoms with E-state index in [-0.39, 0.29) is 11.6 Å². The molecule has 84 valence electrons. The van der Waals surface area contributed by atoms with E-state index in [0.29, 0.717) is 5.39 Å². The zero-order chi connectivity index (χ0) is 11.6. The average molecular weight is 237 g/mol. The zero-order valence-corrected chi connectivity index (χ0v) is 9.57. The Bertz CT molecular complexity index is 602. The molecule has 0 atom stereocenters. The molecule has 0 unspecified atom stereocenters. The zero-order valence-electron chi connectivity index (χ0n) is 8.75. The molecular weight excluding hydrogens is 226 g/mol. The van der Waals surface area contributed by atoms with Crippen molar-refractivity contribution in [2.75, 3.05) is 6.61 Å². The molecular formula is C11H11NO3S. The first-order valence-electron chi connectivity index (χ1n) is 4.88. The van der Waals surface area contributed by atoms with Gasteiger partial charge in [-0.2, -0.15) is 8.42 Å². The van der Waals surface area contributed by atoms with Gasteiger partial charge in [0.15, 0.2) is 5.03 Å². The summed E-state index contributed by atoms with van der Waals surface area (Å²) in [6.45, 7) is 1.73. The molecule has 1 aromatic heterocycles. The molecule has 16 heavy (non-hydrogen) atoms. The summed E-state index contributed by atoms with van der Waals surface area (Å²) in [6, 6.07) is 8.94. The first-order chi connectivity index (χ1) is 7.65. The van der Waals surface area contributed by atoms with Crippen LogP contribution in [0.25, 0.3) is 10.8 Å². The highest BCUT2D eigenvalue weighted by molar-refractivity contribution is 7.86. The van der Waals surface area contributed by atoms with E-state index in [9.17, 15) is 8.42 Å². The molecule has 2 aromatic rings. The highest BCUT2D eigenvalue weighted by Gasteiger charge is 2.18. The summed E-state index contributed by atoms with van der Waals surface area (Å²) in [6.07, 6.45) is 1.47. The van der Waals surface area contributed by atoms with Crippen LogP contribution in [-0.2, 0) is 14.3 Å². The predicted octanol–water partition coefficient (Wildman–Crippen LogP) is 1.96. The molecule has 5 heteroatoms. The van der Waals surface area contributed by atoms with E-state index in [4.69, 9.17) is 4.18 Å².